The maximum Gasteiger partial charge on any atom is 0.0813 e. The monoisotopic (exact) mass is 243 g/mol. The summed E-state index contributed by atoms with van der Waals surface area (Å²) in [5.74, 6) is 0. The van der Waals surface area contributed by atoms with Crippen LogP contribution in [0.5, 0.6) is 0 Å². The van der Waals surface area contributed by atoms with Crippen LogP contribution in [0.4, 0.5) is 0 Å². The van der Waals surface area contributed by atoms with Gasteiger partial charge in [0.25, 0.3) is 0 Å². The molecule has 4 heteroatoms. The van der Waals surface area contributed by atoms with Crippen LogP contribution in [0.15, 0.2) is 0 Å². The molecular formula is C13H25NO3. The summed E-state index contributed by atoms with van der Waals surface area (Å²) in [5, 5.41) is 3.15. The highest BCUT2D eigenvalue weighted by Gasteiger charge is 2.25. The lowest BCUT2D eigenvalue weighted by molar-refractivity contribution is -0.0673. The van der Waals surface area contributed by atoms with Crippen LogP contribution in [0.2, 0.25) is 0 Å². The summed E-state index contributed by atoms with van der Waals surface area (Å²) in [6.45, 7) is 3.30. The summed E-state index contributed by atoms with van der Waals surface area (Å²) in [5.41, 5.74) is 0. The maximum atomic E-state index is 5.86. The van der Waals surface area contributed by atoms with E-state index in [0.717, 1.165) is 45.6 Å². The molecule has 0 aromatic carbocycles. The van der Waals surface area contributed by atoms with E-state index in [1.54, 1.807) is 0 Å². The first-order valence-electron chi connectivity index (χ1n) is 6.88. The Morgan fingerprint density at radius 1 is 1.06 bits per heavy atom. The molecule has 4 nitrogen and oxygen atoms in total. The van der Waals surface area contributed by atoms with Gasteiger partial charge in [-0.3, -0.25) is 0 Å². The maximum absolute atomic E-state index is 5.86. The Morgan fingerprint density at radius 3 is 2.65 bits per heavy atom. The van der Waals surface area contributed by atoms with Gasteiger partial charge in [0.1, 0.15) is 0 Å². The molecule has 0 bridgehead atoms. The predicted molar refractivity (Wildman–Crippen MR) is 66.2 cm³/mol. The van der Waals surface area contributed by atoms with Crippen molar-refractivity contribution in [2.45, 2.75) is 50.4 Å². The number of ether oxygens (including phenoxy) is 3. The van der Waals surface area contributed by atoms with Crippen molar-refractivity contribution in [2.24, 2.45) is 0 Å². The largest absolute Gasteiger partial charge is 0.376 e. The Morgan fingerprint density at radius 2 is 1.88 bits per heavy atom. The van der Waals surface area contributed by atoms with Gasteiger partial charge in [0.05, 0.1) is 31.5 Å². The van der Waals surface area contributed by atoms with Crippen molar-refractivity contribution < 1.29 is 14.2 Å². The van der Waals surface area contributed by atoms with Gasteiger partial charge >= 0.3 is 0 Å². The second kappa shape index (κ2) is 7.31. The molecule has 2 aliphatic heterocycles. The van der Waals surface area contributed by atoms with Crippen molar-refractivity contribution >= 4 is 0 Å². The smallest absolute Gasteiger partial charge is 0.0813 e. The molecule has 2 saturated heterocycles. The standard InChI is InChI=1S/C13H25NO3/c1-14-8-11-5-6-13(17-11)10-15-9-12-4-2-3-7-16-12/h11-14H,2-10H2,1H3. The zero-order chi connectivity index (χ0) is 11.9. The van der Waals surface area contributed by atoms with Crippen molar-refractivity contribution in [3.63, 3.8) is 0 Å². The van der Waals surface area contributed by atoms with Crippen molar-refractivity contribution in [3.05, 3.63) is 0 Å². The van der Waals surface area contributed by atoms with Crippen molar-refractivity contribution in [2.75, 3.05) is 33.4 Å². The van der Waals surface area contributed by atoms with Gasteiger partial charge in [-0.2, -0.15) is 0 Å². The third kappa shape index (κ3) is 4.54. The number of hydrogen-bond acceptors (Lipinski definition) is 4. The quantitative estimate of drug-likeness (QED) is 0.764. The molecule has 0 amide bonds. The van der Waals surface area contributed by atoms with E-state index in [9.17, 15) is 0 Å². The van der Waals surface area contributed by atoms with E-state index < -0.39 is 0 Å². The zero-order valence-corrected chi connectivity index (χ0v) is 10.8. The normalized spacial score (nSPS) is 34.1. The molecule has 17 heavy (non-hydrogen) atoms. The Labute approximate surface area is 104 Å². The molecule has 1 N–H and O–H groups in total. The van der Waals surface area contributed by atoms with Crippen LogP contribution >= 0.6 is 0 Å². The highest BCUT2D eigenvalue weighted by Crippen LogP contribution is 2.20. The fourth-order valence-electron chi connectivity index (χ4n) is 2.55. The lowest BCUT2D eigenvalue weighted by atomic mass is 10.1. The lowest BCUT2D eigenvalue weighted by Gasteiger charge is -2.23. The Kier molecular flexibility index (Phi) is 5.71. The van der Waals surface area contributed by atoms with Gasteiger partial charge in [-0.25, -0.2) is 0 Å². The van der Waals surface area contributed by atoms with E-state index in [4.69, 9.17) is 14.2 Å². The fourth-order valence-corrected chi connectivity index (χ4v) is 2.55. The van der Waals surface area contributed by atoms with Crippen LogP contribution in [0.1, 0.15) is 32.1 Å². The average molecular weight is 243 g/mol. The van der Waals surface area contributed by atoms with E-state index in [1.165, 1.54) is 12.8 Å². The Bertz CT molecular complexity index is 207. The first kappa shape index (κ1) is 13.3. The SMILES string of the molecule is CNCC1CCC(COCC2CCCCO2)O1. The molecule has 2 fully saturated rings. The van der Waals surface area contributed by atoms with Crippen molar-refractivity contribution in [3.8, 4) is 0 Å². The first-order chi connectivity index (χ1) is 8.38. The molecule has 0 aromatic heterocycles. The number of nitrogens with one attached hydrogen (secondary N) is 1. The highest BCUT2D eigenvalue weighted by atomic mass is 16.6. The summed E-state index contributed by atoms with van der Waals surface area (Å²) >= 11 is 0. The summed E-state index contributed by atoms with van der Waals surface area (Å²) in [6.07, 6.45) is 6.88. The molecular weight excluding hydrogens is 218 g/mol. The highest BCUT2D eigenvalue weighted by molar-refractivity contribution is 4.74. The van der Waals surface area contributed by atoms with Crippen molar-refractivity contribution in [1.29, 1.82) is 0 Å². The molecule has 100 valence electrons. The summed E-state index contributed by atoms with van der Waals surface area (Å²) in [4.78, 5) is 0. The van der Waals surface area contributed by atoms with Gasteiger partial charge < -0.3 is 19.5 Å². The molecule has 0 aliphatic carbocycles. The van der Waals surface area contributed by atoms with Gasteiger partial charge in [0, 0.05) is 13.2 Å². The second-order valence-electron chi connectivity index (χ2n) is 5.04. The van der Waals surface area contributed by atoms with Crippen LogP contribution in [0.25, 0.3) is 0 Å². The summed E-state index contributed by atoms with van der Waals surface area (Å²) in [6, 6.07) is 0. The average Bonchev–Trinajstić information content (AvgIpc) is 2.79. The molecule has 0 radical (unpaired) electrons. The van der Waals surface area contributed by atoms with E-state index >= 15 is 0 Å². The fraction of sp³-hybridized carbons (Fsp3) is 1.00. The topological polar surface area (TPSA) is 39.7 Å². The Balaban J connectivity index is 1.53. The first-order valence-corrected chi connectivity index (χ1v) is 6.88. The summed E-state index contributed by atoms with van der Waals surface area (Å²) < 4.78 is 17.2. The summed E-state index contributed by atoms with van der Waals surface area (Å²) in [7, 11) is 1.97. The number of rotatable bonds is 6. The van der Waals surface area contributed by atoms with Crippen LogP contribution in [-0.4, -0.2) is 51.7 Å². The zero-order valence-electron chi connectivity index (χ0n) is 10.8. The van der Waals surface area contributed by atoms with Gasteiger partial charge in [0.15, 0.2) is 0 Å². The molecule has 0 saturated carbocycles. The number of hydrogen-bond donors (Lipinski definition) is 1. The van der Waals surface area contributed by atoms with Gasteiger partial charge in [-0.1, -0.05) is 0 Å². The van der Waals surface area contributed by atoms with Gasteiger partial charge in [-0.15, -0.1) is 0 Å². The van der Waals surface area contributed by atoms with Crippen LogP contribution < -0.4 is 5.32 Å². The molecule has 2 rings (SSSR count). The lowest BCUT2D eigenvalue weighted by Crippen LogP contribution is -2.28. The van der Waals surface area contributed by atoms with E-state index in [0.29, 0.717) is 12.2 Å². The van der Waals surface area contributed by atoms with Gasteiger partial charge in [0.2, 0.25) is 0 Å². The number of likely N-dealkylation sites (N-methyl/N-ethyl adjacent to an activating group) is 1. The molecule has 0 aromatic rings. The molecule has 2 heterocycles. The second-order valence-corrected chi connectivity index (χ2v) is 5.04. The molecule has 3 atom stereocenters. The minimum absolute atomic E-state index is 0.289. The minimum Gasteiger partial charge on any atom is -0.376 e. The minimum atomic E-state index is 0.289. The van der Waals surface area contributed by atoms with Crippen LogP contribution in [-0.2, 0) is 14.2 Å². The molecule has 3 unspecified atom stereocenters. The van der Waals surface area contributed by atoms with Gasteiger partial charge in [-0.05, 0) is 39.2 Å². The molecule has 0 spiro atoms. The van der Waals surface area contributed by atoms with E-state index in [-0.39, 0.29) is 6.10 Å². The third-order valence-corrected chi connectivity index (χ3v) is 3.51. The van der Waals surface area contributed by atoms with Crippen molar-refractivity contribution in [1.82, 2.24) is 5.32 Å². The predicted octanol–water partition coefficient (Wildman–Crippen LogP) is 1.34. The van der Waals surface area contributed by atoms with E-state index in [2.05, 4.69) is 5.32 Å². The third-order valence-electron chi connectivity index (χ3n) is 3.51. The van der Waals surface area contributed by atoms with E-state index in [1.807, 2.05) is 7.05 Å². The Hall–Kier alpha value is -0.160. The van der Waals surface area contributed by atoms with Crippen LogP contribution in [0.3, 0.4) is 0 Å². The van der Waals surface area contributed by atoms with Crippen LogP contribution in [0, 0.1) is 0 Å². The molecule has 2 aliphatic rings.